The summed E-state index contributed by atoms with van der Waals surface area (Å²) in [6.45, 7) is 2.10. The molecule has 1 aliphatic carbocycles. The molecule has 164 valence electrons. The van der Waals surface area contributed by atoms with Crippen molar-refractivity contribution in [2.45, 2.75) is 48.8 Å². The van der Waals surface area contributed by atoms with E-state index in [2.05, 4.69) is 15.5 Å². The maximum atomic E-state index is 13.1. The van der Waals surface area contributed by atoms with Gasteiger partial charge in [0.1, 0.15) is 11.6 Å². The van der Waals surface area contributed by atoms with Crippen LogP contribution in [0.2, 0.25) is 5.02 Å². The molecule has 31 heavy (non-hydrogen) atoms. The van der Waals surface area contributed by atoms with E-state index in [4.69, 9.17) is 16.0 Å². The highest BCUT2D eigenvalue weighted by molar-refractivity contribution is 8.00. The average Bonchev–Trinajstić information content (AvgIpc) is 3.28. The molecule has 0 radical (unpaired) electrons. The Hall–Kier alpha value is -2.46. The first-order valence-electron chi connectivity index (χ1n) is 9.52. The van der Waals surface area contributed by atoms with Crippen LogP contribution in [-0.4, -0.2) is 25.9 Å². The molecule has 0 spiro atoms. The second kappa shape index (κ2) is 8.58. The van der Waals surface area contributed by atoms with E-state index in [-0.39, 0.29) is 5.69 Å². The topological polar surface area (TPSA) is 73.0 Å². The Balaban J connectivity index is 1.48. The summed E-state index contributed by atoms with van der Waals surface area (Å²) >= 11 is 6.82. The van der Waals surface area contributed by atoms with Crippen LogP contribution in [0.4, 0.5) is 18.9 Å². The first kappa shape index (κ1) is 21.8. The number of furan rings is 1. The average molecular weight is 471 g/mol. The van der Waals surface area contributed by atoms with E-state index in [9.17, 15) is 18.0 Å². The minimum atomic E-state index is -4.61. The maximum Gasteiger partial charge on any atom is 0.417 e. The summed E-state index contributed by atoms with van der Waals surface area (Å²) < 4.78 is 46.5. The van der Waals surface area contributed by atoms with E-state index in [0.717, 1.165) is 36.6 Å². The van der Waals surface area contributed by atoms with Gasteiger partial charge in [0.25, 0.3) is 0 Å². The summed E-state index contributed by atoms with van der Waals surface area (Å²) in [5.41, 5.74) is -0.982. The van der Waals surface area contributed by atoms with Crippen molar-refractivity contribution in [1.82, 2.24) is 14.8 Å². The highest BCUT2D eigenvalue weighted by atomic mass is 35.5. The minimum Gasteiger partial charge on any atom is -0.467 e. The van der Waals surface area contributed by atoms with Crippen LogP contribution in [0, 0.1) is 0 Å². The van der Waals surface area contributed by atoms with Gasteiger partial charge in [-0.3, -0.25) is 9.36 Å². The molecule has 6 nitrogen and oxygen atoms in total. The number of aromatic nitrogens is 3. The first-order chi connectivity index (χ1) is 14.7. The van der Waals surface area contributed by atoms with Crippen LogP contribution in [0.3, 0.4) is 0 Å². The smallest absolute Gasteiger partial charge is 0.417 e. The molecular weight excluding hydrogens is 453 g/mol. The van der Waals surface area contributed by atoms with Gasteiger partial charge in [-0.05, 0) is 50.1 Å². The number of thioether (sulfide) groups is 1. The number of halogens is 4. The molecule has 0 aliphatic heterocycles. The van der Waals surface area contributed by atoms with E-state index in [1.54, 1.807) is 19.3 Å². The third-order valence-electron chi connectivity index (χ3n) is 4.77. The molecule has 1 N–H and O–H groups in total. The number of alkyl halides is 3. The SMILES string of the molecule is CC(Sc1nnc(C2CC2)n1Cc1ccco1)C(=O)Nc1ccc(Cl)c(C(F)(F)F)c1. The van der Waals surface area contributed by atoms with E-state index >= 15 is 0 Å². The van der Waals surface area contributed by atoms with Gasteiger partial charge in [0.2, 0.25) is 5.91 Å². The van der Waals surface area contributed by atoms with Crippen molar-refractivity contribution >= 4 is 35.0 Å². The summed E-state index contributed by atoms with van der Waals surface area (Å²) in [5, 5.41) is 10.5. The van der Waals surface area contributed by atoms with Crippen molar-refractivity contribution < 1.29 is 22.4 Å². The van der Waals surface area contributed by atoms with Crippen LogP contribution in [0.25, 0.3) is 0 Å². The highest BCUT2D eigenvalue weighted by Gasteiger charge is 2.34. The molecular formula is C20H18ClF3N4O2S. The van der Waals surface area contributed by atoms with Crippen LogP contribution in [0.15, 0.2) is 46.2 Å². The van der Waals surface area contributed by atoms with E-state index < -0.39 is 27.9 Å². The molecule has 2 aromatic heterocycles. The number of amides is 1. The molecule has 3 aromatic rings. The van der Waals surface area contributed by atoms with Crippen molar-refractivity contribution in [3.8, 4) is 0 Å². The van der Waals surface area contributed by atoms with E-state index in [1.807, 2.05) is 10.6 Å². The highest BCUT2D eigenvalue weighted by Crippen LogP contribution is 2.41. The van der Waals surface area contributed by atoms with Gasteiger partial charge in [0.15, 0.2) is 5.16 Å². The normalized spacial score (nSPS) is 15.1. The van der Waals surface area contributed by atoms with E-state index in [1.165, 1.54) is 17.8 Å². The number of benzene rings is 1. The number of nitrogens with one attached hydrogen (secondary N) is 1. The Bertz CT molecular complexity index is 1080. The molecule has 1 fully saturated rings. The molecule has 1 aliphatic rings. The van der Waals surface area contributed by atoms with Gasteiger partial charge >= 0.3 is 6.18 Å². The fourth-order valence-corrected chi connectivity index (χ4v) is 4.09. The third kappa shape index (κ3) is 5.07. The summed E-state index contributed by atoms with van der Waals surface area (Å²) in [5.74, 6) is 1.47. The predicted molar refractivity (Wildman–Crippen MR) is 110 cm³/mol. The molecule has 11 heteroatoms. The summed E-state index contributed by atoms with van der Waals surface area (Å²) in [4.78, 5) is 12.6. The molecule has 1 atom stereocenters. The van der Waals surface area contributed by atoms with Crippen LogP contribution in [0.5, 0.6) is 0 Å². The fraction of sp³-hybridized carbons (Fsp3) is 0.350. The summed E-state index contributed by atoms with van der Waals surface area (Å²) in [6, 6.07) is 6.90. The van der Waals surface area contributed by atoms with Crippen molar-refractivity contribution in [3.05, 3.63) is 58.8 Å². The van der Waals surface area contributed by atoms with Crippen molar-refractivity contribution in [1.29, 1.82) is 0 Å². The van der Waals surface area contributed by atoms with Gasteiger partial charge in [-0.2, -0.15) is 13.2 Å². The molecule has 1 saturated carbocycles. The van der Waals surface area contributed by atoms with Gasteiger partial charge in [0, 0.05) is 11.6 Å². The fourth-order valence-electron chi connectivity index (χ4n) is 3.01. The molecule has 1 aromatic carbocycles. The standard InChI is InChI=1S/C20H18ClF3N4O2S/c1-11(18(29)25-13-6-7-16(21)15(9-13)20(22,23)24)31-19-27-26-17(12-4-5-12)28(19)10-14-3-2-8-30-14/h2-3,6-9,11-12H,4-5,10H2,1H3,(H,25,29). The molecule has 1 amide bonds. The Morgan fingerprint density at radius 3 is 2.77 bits per heavy atom. The Kier molecular flexibility index (Phi) is 6.02. The number of anilines is 1. The zero-order valence-electron chi connectivity index (χ0n) is 16.3. The molecule has 0 bridgehead atoms. The largest absolute Gasteiger partial charge is 0.467 e. The number of hydrogen-bond donors (Lipinski definition) is 1. The number of hydrogen-bond acceptors (Lipinski definition) is 5. The lowest BCUT2D eigenvalue weighted by Crippen LogP contribution is -2.23. The van der Waals surface area contributed by atoms with Crippen LogP contribution in [-0.2, 0) is 17.5 Å². The number of carbonyl (C=O) groups is 1. The summed E-state index contributed by atoms with van der Waals surface area (Å²) in [6.07, 6.45) is -0.954. The van der Waals surface area contributed by atoms with Crippen molar-refractivity contribution in [2.75, 3.05) is 5.32 Å². The van der Waals surface area contributed by atoms with Gasteiger partial charge in [-0.15, -0.1) is 10.2 Å². The second-order valence-electron chi connectivity index (χ2n) is 7.22. The predicted octanol–water partition coefficient (Wildman–Crippen LogP) is 5.59. The number of carbonyl (C=O) groups excluding carboxylic acids is 1. The van der Waals surface area contributed by atoms with Crippen molar-refractivity contribution in [2.24, 2.45) is 0 Å². The second-order valence-corrected chi connectivity index (χ2v) is 8.94. The minimum absolute atomic E-state index is 0.0184. The van der Waals surface area contributed by atoms with Crippen LogP contribution >= 0.6 is 23.4 Å². The lowest BCUT2D eigenvalue weighted by atomic mass is 10.2. The summed E-state index contributed by atoms with van der Waals surface area (Å²) in [7, 11) is 0. The maximum absolute atomic E-state index is 13.1. The Morgan fingerprint density at radius 2 is 2.13 bits per heavy atom. The van der Waals surface area contributed by atoms with Gasteiger partial charge in [-0.1, -0.05) is 23.4 Å². The van der Waals surface area contributed by atoms with Gasteiger partial charge < -0.3 is 9.73 Å². The van der Waals surface area contributed by atoms with Crippen molar-refractivity contribution in [3.63, 3.8) is 0 Å². The quantitative estimate of drug-likeness (QED) is 0.456. The van der Waals surface area contributed by atoms with Gasteiger partial charge in [-0.25, -0.2) is 0 Å². The van der Waals surface area contributed by atoms with Crippen LogP contribution < -0.4 is 5.32 Å². The molecule has 4 rings (SSSR count). The Morgan fingerprint density at radius 1 is 1.35 bits per heavy atom. The lowest BCUT2D eigenvalue weighted by Gasteiger charge is -2.15. The number of rotatable bonds is 7. The Labute approximate surface area is 185 Å². The lowest BCUT2D eigenvalue weighted by molar-refractivity contribution is -0.137. The molecule has 0 saturated heterocycles. The van der Waals surface area contributed by atoms with E-state index in [0.29, 0.717) is 17.6 Å². The first-order valence-corrected chi connectivity index (χ1v) is 10.8. The zero-order chi connectivity index (χ0) is 22.2. The van der Waals surface area contributed by atoms with Crippen LogP contribution in [0.1, 0.15) is 42.8 Å². The van der Waals surface area contributed by atoms with Gasteiger partial charge in [0.05, 0.1) is 28.6 Å². The number of nitrogens with zero attached hydrogens (tertiary/aromatic N) is 3. The molecule has 2 heterocycles. The monoisotopic (exact) mass is 470 g/mol. The zero-order valence-corrected chi connectivity index (χ0v) is 17.9. The molecule has 1 unspecified atom stereocenters. The third-order valence-corrected chi connectivity index (χ3v) is 6.18.